The van der Waals surface area contributed by atoms with Gasteiger partial charge in [0.2, 0.25) is 0 Å². The van der Waals surface area contributed by atoms with Gasteiger partial charge in [-0.3, -0.25) is 0 Å². The van der Waals surface area contributed by atoms with E-state index in [2.05, 4.69) is 291 Å². The molecule has 0 aliphatic heterocycles. The number of hydrogen-bond donors (Lipinski definition) is 0. The Morgan fingerprint density at radius 1 is 0.261 bits per heavy atom. The molecule has 0 aromatic heterocycles. The van der Waals surface area contributed by atoms with Gasteiger partial charge in [-0.1, -0.05) is 208 Å². The van der Waals surface area contributed by atoms with Crippen molar-refractivity contribution in [2.45, 2.75) is 19.3 Å². The minimum atomic E-state index is -0.170. The van der Waals surface area contributed by atoms with Crippen molar-refractivity contribution in [2.24, 2.45) is 0 Å². The van der Waals surface area contributed by atoms with Crippen molar-refractivity contribution in [1.82, 2.24) is 0 Å². The molecule has 0 spiro atoms. The molecule has 0 heterocycles. The third kappa shape index (κ3) is 7.67. The van der Waals surface area contributed by atoms with E-state index in [1.165, 1.54) is 66.4 Å². The minimum absolute atomic E-state index is 0.170. The van der Waals surface area contributed by atoms with Crippen LogP contribution in [0.4, 0.5) is 34.1 Å². The van der Waals surface area contributed by atoms with E-state index in [-0.39, 0.29) is 5.41 Å². The van der Waals surface area contributed by atoms with Crippen molar-refractivity contribution in [1.29, 1.82) is 0 Å². The molecule has 0 amide bonds. The van der Waals surface area contributed by atoms with Crippen LogP contribution >= 0.6 is 0 Å². The molecule has 0 N–H and O–H groups in total. The molecule has 12 rings (SSSR count). The number of rotatable bonds is 10. The Bertz CT molecular complexity index is 3580. The molecule has 328 valence electrons. The van der Waals surface area contributed by atoms with Gasteiger partial charge in [-0.05, 0) is 150 Å². The maximum Gasteiger partial charge on any atom is 0.0488 e. The van der Waals surface area contributed by atoms with Gasteiger partial charge in [-0.15, -0.1) is 0 Å². The molecule has 0 atom stereocenters. The molecule has 0 saturated carbocycles. The Kier molecular flexibility index (Phi) is 10.6. The van der Waals surface area contributed by atoms with Gasteiger partial charge in [0.15, 0.2) is 0 Å². The van der Waals surface area contributed by atoms with E-state index in [1.54, 1.807) is 0 Å². The highest BCUT2D eigenvalue weighted by Crippen LogP contribution is 2.52. The second-order valence-electron chi connectivity index (χ2n) is 18.5. The van der Waals surface area contributed by atoms with Gasteiger partial charge in [-0.2, -0.15) is 0 Å². The Morgan fingerprint density at radius 2 is 0.754 bits per heavy atom. The molecule has 2 heteroatoms. The first-order valence-electron chi connectivity index (χ1n) is 23.9. The summed E-state index contributed by atoms with van der Waals surface area (Å²) in [6, 6.07) is 97.5. The van der Waals surface area contributed by atoms with Crippen LogP contribution in [0, 0.1) is 0 Å². The first-order chi connectivity index (χ1) is 34.0. The minimum Gasteiger partial charge on any atom is -0.310 e. The molecule has 1 aliphatic rings. The van der Waals surface area contributed by atoms with E-state index >= 15 is 0 Å². The smallest absolute Gasteiger partial charge is 0.0488 e. The summed E-state index contributed by atoms with van der Waals surface area (Å²) < 4.78 is 0. The lowest BCUT2D eigenvalue weighted by Gasteiger charge is -2.31. The summed E-state index contributed by atoms with van der Waals surface area (Å²) in [6.45, 7) is 4.73. The highest BCUT2D eigenvalue weighted by molar-refractivity contribution is 6.04. The zero-order valence-electron chi connectivity index (χ0n) is 38.8. The van der Waals surface area contributed by atoms with Gasteiger partial charge in [-0.25, -0.2) is 0 Å². The van der Waals surface area contributed by atoms with Gasteiger partial charge in [0.1, 0.15) is 0 Å². The highest BCUT2D eigenvalue weighted by atomic mass is 15.2. The van der Waals surface area contributed by atoms with Crippen LogP contribution < -0.4 is 9.80 Å². The average molecular weight is 883 g/mol. The standard InChI is InChI=1S/C67H50N2/c1-67(2)64-33-18-17-32-62(64)63-41-39-57(46-65(63)67)69(56-37-34-48(35-38-56)47-20-7-3-8-21-47)59-44-53(43-58(45-59)68(54-27-11-5-12-28-54)55-29-13-6-14-30-55)51-25-19-26-52(42-51)61-40-36-49-22-15-16-31-60(49)66(61)50-23-9-4-10-24-50/h3-46H,1-2H3. The van der Waals surface area contributed by atoms with E-state index in [0.29, 0.717) is 0 Å². The van der Waals surface area contributed by atoms with Gasteiger partial charge in [0.25, 0.3) is 0 Å². The Morgan fingerprint density at radius 3 is 1.45 bits per heavy atom. The molecule has 1 aliphatic carbocycles. The largest absolute Gasteiger partial charge is 0.310 e. The van der Waals surface area contributed by atoms with Crippen LogP contribution in [0.15, 0.2) is 267 Å². The summed E-state index contributed by atoms with van der Waals surface area (Å²) in [7, 11) is 0. The van der Waals surface area contributed by atoms with Crippen molar-refractivity contribution < 1.29 is 0 Å². The van der Waals surface area contributed by atoms with Gasteiger partial charge in [0.05, 0.1) is 0 Å². The lowest BCUT2D eigenvalue weighted by molar-refractivity contribution is 0.660. The van der Waals surface area contributed by atoms with Crippen molar-refractivity contribution in [3.8, 4) is 55.6 Å². The molecule has 0 unspecified atom stereocenters. The normalized spacial score (nSPS) is 12.3. The van der Waals surface area contributed by atoms with Crippen LogP contribution in [-0.2, 0) is 5.41 Å². The Balaban J connectivity index is 1.09. The fraction of sp³-hybridized carbons (Fsp3) is 0.0448. The van der Waals surface area contributed by atoms with E-state index < -0.39 is 0 Å². The van der Waals surface area contributed by atoms with Crippen LogP contribution in [0.2, 0.25) is 0 Å². The first kappa shape index (κ1) is 41.7. The predicted octanol–water partition coefficient (Wildman–Crippen LogP) is 18.8. The predicted molar refractivity (Wildman–Crippen MR) is 293 cm³/mol. The Labute approximate surface area is 405 Å². The summed E-state index contributed by atoms with van der Waals surface area (Å²) in [4.78, 5) is 4.84. The molecule has 0 radical (unpaired) electrons. The van der Waals surface area contributed by atoms with Crippen molar-refractivity contribution >= 4 is 44.9 Å². The summed E-state index contributed by atoms with van der Waals surface area (Å²) in [5.74, 6) is 0. The lowest BCUT2D eigenvalue weighted by atomic mass is 9.82. The fourth-order valence-corrected chi connectivity index (χ4v) is 10.6. The fourth-order valence-electron chi connectivity index (χ4n) is 10.6. The quantitative estimate of drug-likeness (QED) is 0.135. The molecular weight excluding hydrogens is 833 g/mol. The molecule has 69 heavy (non-hydrogen) atoms. The third-order valence-corrected chi connectivity index (χ3v) is 14.0. The van der Waals surface area contributed by atoms with E-state index in [1.807, 2.05) is 0 Å². The van der Waals surface area contributed by atoms with E-state index in [9.17, 15) is 0 Å². The van der Waals surface area contributed by atoms with Crippen LogP contribution in [0.25, 0.3) is 66.4 Å². The monoisotopic (exact) mass is 882 g/mol. The molecule has 0 bridgehead atoms. The van der Waals surface area contributed by atoms with Crippen molar-refractivity contribution in [2.75, 3.05) is 9.80 Å². The summed E-state index contributed by atoms with van der Waals surface area (Å²) >= 11 is 0. The number of fused-ring (bicyclic) bond motifs is 4. The zero-order chi connectivity index (χ0) is 46.3. The molecular formula is C67H50N2. The maximum absolute atomic E-state index is 2.45. The summed E-state index contributed by atoms with van der Waals surface area (Å²) in [6.07, 6.45) is 0. The second kappa shape index (κ2) is 17.5. The first-order valence-corrected chi connectivity index (χ1v) is 23.9. The number of hydrogen-bond acceptors (Lipinski definition) is 2. The molecule has 11 aromatic carbocycles. The number of benzene rings is 11. The topological polar surface area (TPSA) is 6.48 Å². The summed E-state index contributed by atoms with van der Waals surface area (Å²) in [5.41, 5.74) is 21.0. The number of nitrogens with zero attached hydrogens (tertiary/aromatic N) is 2. The van der Waals surface area contributed by atoms with Crippen LogP contribution in [0.3, 0.4) is 0 Å². The zero-order valence-corrected chi connectivity index (χ0v) is 38.8. The van der Waals surface area contributed by atoms with Crippen molar-refractivity contribution in [3.63, 3.8) is 0 Å². The van der Waals surface area contributed by atoms with Crippen LogP contribution in [0.5, 0.6) is 0 Å². The third-order valence-electron chi connectivity index (χ3n) is 14.0. The summed E-state index contributed by atoms with van der Waals surface area (Å²) in [5, 5.41) is 2.47. The van der Waals surface area contributed by atoms with Crippen molar-refractivity contribution in [3.05, 3.63) is 278 Å². The van der Waals surface area contributed by atoms with Crippen LogP contribution in [0.1, 0.15) is 25.0 Å². The second-order valence-corrected chi connectivity index (χ2v) is 18.5. The number of para-hydroxylation sites is 2. The SMILES string of the molecule is CC1(C)c2ccccc2-c2ccc(N(c3ccc(-c4ccccc4)cc3)c3cc(-c4cccc(-c5ccc6ccccc6c5-c5ccccc5)c4)cc(N(c4ccccc4)c4ccccc4)c3)cc21. The van der Waals surface area contributed by atoms with E-state index in [4.69, 9.17) is 0 Å². The number of anilines is 6. The van der Waals surface area contributed by atoms with Gasteiger partial charge >= 0.3 is 0 Å². The van der Waals surface area contributed by atoms with Gasteiger partial charge in [0, 0.05) is 39.5 Å². The molecule has 2 nitrogen and oxygen atoms in total. The van der Waals surface area contributed by atoms with E-state index in [0.717, 1.165) is 45.3 Å². The average Bonchev–Trinajstić information content (AvgIpc) is 3.64. The highest BCUT2D eigenvalue weighted by Gasteiger charge is 2.36. The Hall–Kier alpha value is -8.72. The molecule has 0 fully saturated rings. The molecule has 0 saturated heterocycles. The molecule has 11 aromatic rings. The maximum atomic E-state index is 2.45. The van der Waals surface area contributed by atoms with Crippen LogP contribution in [-0.4, -0.2) is 0 Å². The lowest BCUT2D eigenvalue weighted by Crippen LogP contribution is -2.17. The van der Waals surface area contributed by atoms with Gasteiger partial charge < -0.3 is 9.80 Å².